The molecule has 1 aliphatic heterocycles. The molecule has 0 unspecified atom stereocenters. The molecule has 0 N–H and O–H groups in total. The van der Waals surface area contributed by atoms with E-state index >= 15 is 0 Å². The van der Waals surface area contributed by atoms with E-state index in [1.807, 2.05) is 48.8 Å². The van der Waals surface area contributed by atoms with E-state index in [9.17, 15) is 2.74 Å². The molecule has 0 amide bonds. The SMILES string of the molecule is [2H]c1c([2H])c([2H])c(-c2cc(C(C)(C)C)cc(-c3cc(C(C)(C)C)cc(C(C)(C)C)c3)c2-n2[c](=[Pt])n(-c3cccc(Oc4ccc5c(c4)N(c4cc(C(C)(C)C)ccn4)B(CC)n4nccc4-5)c3)c3ccccc32)c([2H])c1[2H]. The van der Waals surface area contributed by atoms with Crippen molar-refractivity contribution in [3.63, 3.8) is 0 Å². The van der Waals surface area contributed by atoms with Crippen LogP contribution in [0.3, 0.4) is 0 Å². The number of pyridine rings is 1. The Morgan fingerprint density at radius 1 is 0.569 bits per heavy atom. The number of hydrogen-bond donors (Lipinski definition) is 0. The summed E-state index contributed by atoms with van der Waals surface area (Å²) >= 11 is 2.40. The monoisotopic (exact) mass is 1130 g/mol. The molecule has 0 atom stereocenters. The quantitative estimate of drug-likeness (QED) is 0.142. The van der Waals surface area contributed by atoms with E-state index in [2.05, 4.69) is 207 Å². The Morgan fingerprint density at radius 3 is 1.82 bits per heavy atom. The van der Waals surface area contributed by atoms with Gasteiger partial charge in [-0.25, -0.2) is 0 Å². The van der Waals surface area contributed by atoms with Crippen LogP contribution >= 0.6 is 0 Å². The molecule has 0 saturated heterocycles. The van der Waals surface area contributed by atoms with Crippen molar-refractivity contribution in [2.24, 2.45) is 0 Å². The maximum atomic E-state index is 9.51. The van der Waals surface area contributed by atoms with Crippen LogP contribution in [0.5, 0.6) is 11.5 Å². The van der Waals surface area contributed by atoms with Crippen molar-refractivity contribution in [3.8, 4) is 56.4 Å². The van der Waals surface area contributed by atoms with Gasteiger partial charge in [0.05, 0.1) is 0 Å². The first-order valence-electron chi connectivity index (χ1n) is 27.5. The summed E-state index contributed by atoms with van der Waals surface area (Å²) in [6, 6.07) is 38.4. The summed E-state index contributed by atoms with van der Waals surface area (Å²) in [5.74, 6) is 2.15. The fraction of sp³-hybridized carbons (Fsp3) is 0.286. The van der Waals surface area contributed by atoms with Crippen LogP contribution in [0, 0.1) is 3.80 Å². The molecular weight excluding hydrogens is 1060 g/mol. The first-order valence-corrected chi connectivity index (χ1v) is 26.1. The zero-order chi connectivity index (χ0) is 55.4. The van der Waals surface area contributed by atoms with E-state index in [1.165, 1.54) is 16.7 Å². The van der Waals surface area contributed by atoms with E-state index in [-0.39, 0.29) is 58.4 Å². The Bertz CT molecular complexity index is 3830. The van der Waals surface area contributed by atoms with Gasteiger partial charge in [-0.15, -0.1) is 0 Å². The average molecular weight is 1140 g/mol. The minimum atomic E-state index is -0.431. The molecular formula is C63H67BN6OPt. The molecule has 7 nitrogen and oxygen atoms in total. The first kappa shape index (κ1) is 43.1. The number of aromatic nitrogens is 5. The van der Waals surface area contributed by atoms with Crippen molar-refractivity contribution in [2.45, 2.75) is 118 Å². The fourth-order valence-corrected chi connectivity index (χ4v) is 10.9. The van der Waals surface area contributed by atoms with Crippen LogP contribution in [0.15, 0.2) is 158 Å². The summed E-state index contributed by atoms with van der Waals surface area (Å²) in [7, 11) is 0. The van der Waals surface area contributed by atoms with E-state index in [0.29, 0.717) is 22.7 Å². The number of nitrogens with zero attached hydrogens (tertiary/aromatic N) is 6. The van der Waals surface area contributed by atoms with E-state index in [1.54, 1.807) is 0 Å². The third kappa shape index (κ3) is 9.06. The number of para-hydroxylation sites is 2. The van der Waals surface area contributed by atoms with Crippen LogP contribution < -0.4 is 9.55 Å². The third-order valence-electron chi connectivity index (χ3n) is 13.9. The molecule has 0 bridgehead atoms. The van der Waals surface area contributed by atoms with Crippen molar-refractivity contribution < 1.29 is 30.9 Å². The Morgan fingerprint density at radius 2 is 1.18 bits per heavy atom. The Balaban J connectivity index is 1.19. The van der Waals surface area contributed by atoms with Gasteiger partial charge >= 0.3 is 385 Å². The first-order chi connectivity index (χ1) is 36.2. The summed E-state index contributed by atoms with van der Waals surface area (Å²) < 4.78 is 59.8. The Labute approximate surface area is 445 Å². The number of benzene rings is 6. The second-order valence-corrected chi connectivity index (χ2v) is 24.2. The van der Waals surface area contributed by atoms with Gasteiger partial charge in [-0.1, -0.05) is 27.7 Å². The molecule has 368 valence electrons. The van der Waals surface area contributed by atoms with Gasteiger partial charge < -0.3 is 0 Å². The van der Waals surface area contributed by atoms with E-state index < -0.39 is 6.04 Å². The molecule has 0 spiro atoms. The summed E-state index contributed by atoms with van der Waals surface area (Å²) in [6.07, 6.45) is 4.55. The van der Waals surface area contributed by atoms with E-state index in [0.717, 1.165) is 66.3 Å². The van der Waals surface area contributed by atoms with Crippen LogP contribution in [-0.2, 0) is 41.0 Å². The molecule has 9 aromatic rings. The Kier molecular flexibility index (Phi) is 10.9. The fourth-order valence-electron chi connectivity index (χ4n) is 9.82. The van der Waals surface area contributed by atoms with Crippen molar-refractivity contribution in [1.82, 2.24) is 23.8 Å². The summed E-state index contributed by atoms with van der Waals surface area (Å²) in [5, 5.41) is 4.80. The van der Waals surface area contributed by atoms with Crippen molar-refractivity contribution in [2.75, 3.05) is 4.81 Å². The van der Waals surface area contributed by atoms with Crippen LogP contribution in [0.1, 0.15) is 119 Å². The number of imidazole rings is 1. The maximum absolute atomic E-state index is 9.51. The van der Waals surface area contributed by atoms with E-state index in [4.69, 9.17) is 18.9 Å². The second kappa shape index (κ2) is 18.2. The van der Waals surface area contributed by atoms with Crippen molar-refractivity contribution >= 4 is 29.5 Å². The third-order valence-corrected chi connectivity index (χ3v) is 15.0. The van der Waals surface area contributed by atoms with Gasteiger partial charge in [-0.3, -0.25) is 0 Å². The zero-order valence-corrected chi connectivity index (χ0v) is 46.1. The molecule has 0 saturated carbocycles. The number of ether oxygens (including phenoxy) is 1. The van der Waals surface area contributed by atoms with Crippen LogP contribution in [0.2, 0.25) is 6.32 Å². The molecule has 4 heterocycles. The van der Waals surface area contributed by atoms with Crippen molar-refractivity contribution in [1.29, 1.82) is 0 Å². The standard InChI is InChI=1S/C63H67BN6O.Pt/c1-14-64-69(58-38-44(29-31-65-58)60(2,3)4)57-40-50(27-28-51(57)54-30-32-66-70(54)64)71-49-24-20-23-48(39-49)67-41-68(56-26-19-18-25-55(56)67)59-52(42-21-16-15-17-22-42)36-47(63(11,12)13)37-53(59)43-33-45(61(5,6)7)35-46(34-43)62(8,9)10;/h15-40H,14H2,1-13H3;/i15D,16D,17D,21D,22D;. The Hall–Kier alpha value is -6.50. The number of fused-ring (bicyclic) bond motifs is 4. The number of rotatable bonds is 8. The molecule has 1 aliphatic rings. The summed E-state index contributed by atoms with van der Waals surface area (Å²) in [4.78, 5) is 7.23. The topological polar surface area (TPSA) is 53.0 Å². The molecule has 72 heavy (non-hydrogen) atoms. The van der Waals surface area contributed by atoms with Crippen LogP contribution in [0.4, 0.5) is 11.5 Å². The van der Waals surface area contributed by atoms with Gasteiger partial charge in [-0.2, -0.15) is 5.10 Å². The van der Waals surface area contributed by atoms with Crippen molar-refractivity contribution in [3.05, 3.63) is 184 Å². The normalized spacial score (nSPS) is 14.1. The number of anilines is 2. The van der Waals surface area contributed by atoms with Gasteiger partial charge in [0, 0.05) is 12.4 Å². The number of hydrogen-bond acceptors (Lipinski definition) is 4. The van der Waals surface area contributed by atoms with Crippen LogP contribution in [0.25, 0.3) is 55.9 Å². The van der Waals surface area contributed by atoms with Gasteiger partial charge in [-0.05, 0) is 17.0 Å². The molecule has 0 aliphatic carbocycles. The minimum absolute atomic E-state index is 0.0764. The molecule has 0 radical (unpaired) electrons. The van der Waals surface area contributed by atoms with Gasteiger partial charge in [0.25, 0.3) is 0 Å². The van der Waals surface area contributed by atoms with Gasteiger partial charge in [0.1, 0.15) is 0 Å². The summed E-state index contributed by atoms with van der Waals surface area (Å²) in [5.41, 5.74) is 12.6. The molecule has 3 aromatic heterocycles. The predicted molar refractivity (Wildman–Crippen MR) is 297 cm³/mol. The molecule has 6 aromatic carbocycles. The average Bonchev–Trinajstić information content (AvgIpc) is 4.02. The molecule has 0 fully saturated rings. The molecule has 9 heteroatoms. The zero-order valence-electron chi connectivity index (χ0n) is 48.8. The summed E-state index contributed by atoms with van der Waals surface area (Å²) in [6.45, 7) is 28.6. The predicted octanol–water partition coefficient (Wildman–Crippen LogP) is 16.6. The van der Waals surface area contributed by atoms with Gasteiger partial charge in [0.2, 0.25) is 0 Å². The molecule has 10 rings (SSSR count). The van der Waals surface area contributed by atoms with Gasteiger partial charge in [0.15, 0.2) is 0 Å². The second-order valence-electron chi connectivity index (χ2n) is 23.2. The van der Waals surface area contributed by atoms with Crippen LogP contribution in [-0.4, -0.2) is 30.8 Å².